The number of hydrogen-bond acceptors (Lipinski definition) is 8. The first-order valence-corrected chi connectivity index (χ1v) is 15.4. The van der Waals surface area contributed by atoms with E-state index in [9.17, 15) is 22.0 Å². The minimum absolute atomic E-state index is 0.112. The van der Waals surface area contributed by atoms with Crippen molar-refractivity contribution < 1.29 is 26.7 Å². The molecule has 1 aromatic heterocycles. The molecule has 228 valence electrons. The number of likely N-dealkylation sites (N-methyl/N-ethyl adjacent to an activating group) is 1. The minimum Gasteiger partial charge on any atom is -0.381 e. The summed E-state index contributed by atoms with van der Waals surface area (Å²) in [6.45, 7) is 4.16. The number of nitrogens with zero attached hydrogens (tertiary/aromatic N) is 2. The molecule has 43 heavy (non-hydrogen) atoms. The predicted octanol–water partition coefficient (Wildman–Crippen LogP) is 4.88. The second-order valence-corrected chi connectivity index (χ2v) is 12.9. The first kappa shape index (κ1) is 30.4. The first-order chi connectivity index (χ1) is 20.5. The third kappa shape index (κ3) is 7.12. The highest BCUT2D eigenvalue weighted by Crippen LogP contribution is 2.30. The SMILES string of the molecule is CC(CN(C)C)Nc1ccc(C(=O)Nc2n[nH]c3ccc(S(=O)(=O)c4cc(F)cc(F)c4)cc23)c(NC2CCOCC2)c1. The molecule has 1 amide bonds. The van der Waals surface area contributed by atoms with E-state index >= 15 is 0 Å². The number of ether oxygens (including phenoxy) is 1. The zero-order valence-electron chi connectivity index (χ0n) is 24.1. The molecule has 0 radical (unpaired) electrons. The van der Waals surface area contributed by atoms with Gasteiger partial charge in [-0.15, -0.1) is 0 Å². The molecule has 5 rings (SSSR count). The zero-order chi connectivity index (χ0) is 30.7. The average Bonchev–Trinajstić information content (AvgIpc) is 3.34. The molecule has 4 N–H and O–H groups in total. The van der Waals surface area contributed by atoms with Gasteiger partial charge in [-0.2, -0.15) is 5.10 Å². The number of hydrogen-bond donors (Lipinski definition) is 4. The Balaban J connectivity index is 1.44. The smallest absolute Gasteiger partial charge is 0.258 e. The van der Waals surface area contributed by atoms with Gasteiger partial charge in [0.15, 0.2) is 5.82 Å². The van der Waals surface area contributed by atoms with Gasteiger partial charge >= 0.3 is 0 Å². The van der Waals surface area contributed by atoms with Gasteiger partial charge in [0.2, 0.25) is 9.84 Å². The van der Waals surface area contributed by atoms with Crippen LogP contribution in [0.4, 0.5) is 26.0 Å². The Bertz CT molecular complexity index is 1720. The van der Waals surface area contributed by atoms with Crippen molar-refractivity contribution in [2.45, 2.75) is 41.6 Å². The van der Waals surface area contributed by atoms with Crippen LogP contribution in [0.25, 0.3) is 10.9 Å². The van der Waals surface area contributed by atoms with Crippen LogP contribution in [-0.4, -0.2) is 75.4 Å². The summed E-state index contributed by atoms with van der Waals surface area (Å²) in [6.07, 6.45) is 1.60. The van der Waals surface area contributed by atoms with Crippen LogP contribution in [0.3, 0.4) is 0 Å². The van der Waals surface area contributed by atoms with Gasteiger partial charge in [0.05, 0.1) is 20.9 Å². The van der Waals surface area contributed by atoms with Crippen LogP contribution in [0.2, 0.25) is 0 Å². The van der Waals surface area contributed by atoms with E-state index < -0.39 is 32.3 Å². The Morgan fingerprint density at radius 1 is 1.05 bits per heavy atom. The highest BCUT2D eigenvalue weighted by Gasteiger charge is 2.23. The van der Waals surface area contributed by atoms with E-state index in [-0.39, 0.29) is 22.8 Å². The van der Waals surface area contributed by atoms with Crippen LogP contribution in [0, 0.1) is 11.6 Å². The number of anilines is 3. The number of amides is 1. The van der Waals surface area contributed by atoms with E-state index in [1.54, 1.807) is 6.07 Å². The number of carbonyl (C=O) groups is 1. The summed E-state index contributed by atoms with van der Waals surface area (Å²) in [4.78, 5) is 15.0. The highest BCUT2D eigenvalue weighted by molar-refractivity contribution is 7.91. The summed E-state index contributed by atoms with van der Waals surface area (Å²) in [7, 11) is -0.257. The third-order valence-electron chi connectivity index (χ3n) is 7.12. The number of rotatable bonds is 10. The molecule has 1 aliphatic heterocycles. The van der Waals surface area contributed by atoms with Crippen molar-refractivity contribution in [2.75, 3.05) is 49.8 Å². The molecule has 2 heterocycles. The fourth-order valence-electron chi connectivity index (χ4n) is 5.14. The standard InChI is InChI=1S/C30H34F2N6O4S/c1-18(17-38(2)3)33-22-4-6-25(28(15-22)34-21-8-10-42-11-9-21)30(39)35-29-26-16-23(5-7-27(26)36-37-29)43(40,41)24-13-19(31)12-20(32)14-24/h4-7,12-16,18,21,33-34H,8-11,17H2,1-3H3,(H2,35,36,37,39). The van der Waals surface area contributed by atoms with Crippen molar-refractivity contribution in [3.63, 3.8) is 0 Å². The molecule has 13 heteroatoms. The fraction of sp³-hybridized carbons (Fsp3) is 0.333. The summed E-state index contributed by atoms with van der Waals surface area (Å²) in [5.41, 5.74) is 2.35. The molecule has 0 spiro atoms. The van der Waals surface area contributed by atoms with Crippen molar-refractivity contribution in [1.82, 2.24) is 15.1 Å². The van der Waals surface area contributed by atoms with Crippen LogP contribution in [-0.2, 0) is 14.6 Å². The lowest BCUT2D eigenvalue weighted by molar-refractivity contribution is 0.0904. The Morgan fingerprint density at radius 2 is 1.77 bits per heavy atom. The lowest BCUT2D eigenvalue weighted by Gasteiger charge is -2.26. The van der Waals surface area contributed by atoms with Crippen LogP contribution >= 0.6 is 0 Å². The third-order valence-corrected chi connectivity index (χ3v) is 8.85. The van der Waals surface area contributed by atoms with Gasteiger partial charge < -0.3 is 25.6 Å². The molecular formula is C30H34F2N6O4S. The number of H-pyrrole nitrogens is 1. The Hall–Kier alpha value is -4.07. The zero-order valence-corrected chi connectivity index (χ0v) is 24.9. The quantitative estimate of drug-likeness (QED) is 0.200. The van der Waals surface area contributed by atoms with Gasteiger partial charge in [-0.05, 0) is 82.4 Å². The normalized spacial score (nSPS) is 15.0. The average molecular weight is 613 g/mol. The molecule has 0 bridgehead atoms. The maximum Gasteiger partial charge on any atom is 0.258 e. The Kier molecular flexibility index (Phi) is 8.95. The molecule has 0 saturated carbocycles. The summed E-state index contributed by atoms with van der Waals surface area (Å²) < 4.78 is 59.4. The van der Waals surface area contributed by atoms with Crippen molar-refractivity contribution in [2.24, 2.45) is 0 Å². The van der Waals surface area contributed by atoms with Crippen molar-refractivity contribution >= 4 is 43.8 Å². The molecule has 0 aliphatic carbocycles. The topological polar surface area (TPSA) is 128 Å². The Morgan fingerprint density at radius 3 is 2.47 bits per heavy atom. The monoisotopic (exact) mass is 612 g/mol. The van der Waals surface area contributed by atoms with Gasteiger partial charge in [0.1, 0.15) is 11.6 Å². The number of aromatic amines is 1. The molecule has 10 nitrogen and oxygen atoms in total. The van der Waals surface area contributed by atoms with E-state index in [1.807, 2.05) is 26.2 Å². The number of carbonyl (C=O) groups excluding carboxylic acids is 1. The van der Waals surface area contributed by atoms with E-state index in [2.05, 4.69) is 38.0 Å². The van der Waals surface area contributed by atoms with Crippen LogP contribution in [0.15, 0.2) is 64.4 Å². The molecule has 3 aromatic carbocycles. The summed E-state index contributed by atoms with van der Waals surface area (Å²) in [5.74, 6) is -2.35. The van der Waals surface area contributed by atoms with E-state index in [1.165, 1.54) is 18.2 Å². The second-order valence-electron chi connectivity index (χ2n) is 10.9. The number of sulfone groups is 1. The molecule has 1 saturated heterocycles. The first-order valence-electron chi connectivity index (χ1n) is 13.9. The van der Waals surface area contributed by atoms with E-state index in [0.717, 1.165) is 37.2 Å². The number of halogens is 2. The number of nitrogens with one attached hydrogen (secondary N) is 4. The Labute approximate surface area is 248 Å². The van der Waals surface area contributed by atoms with Crippen molar-refractivity contribution in [1.29, 1.82) is 0 Å². The largest absolute Gasteiger partial charge is 0.381 e. The van der Waals surface area contributed by atoms with E-state index in [4.69, 9.17) is 4.74 Å². The molecule has 1 fully saturated rings. The molecule has 4 aromatic rings. The fourth-order valence-corrected chi connectivity index (χ4v) is 6.47. The van der Waals surface area contributed by atoms with Crippen LogP contribution in [0.1, 0.15) is 30.1 Å². The minimum atomic E-state index is -4.26. The van der Waals surface area contributed by atoms with Gasteiger partial charge in [0, 0.05) is 54.7 Å². The second kappa shape index (κ2) is 12.7. The van der Waals surface area contributed by atoms with E-state index in [0.29, 0.717) is 41.4 Å². The summed E-state index contributed by atoms with van der Waals surface area (Å²) >= 11 is 0. The molecule has 1 aliphatic rings. The van der Waals surface area contributed by atoms with Gasteiger partial charge in [0.25, 0.3) is 5.91 Å². The number of fused-ring (bicyclic) bond motifs is 1. The maximum atomic E-state index is 13.8. The predicted molar refractivity (Wildman–Crippen MR) is 161 cm³/mol. The van der Waals surface area contributed by atoms with Crippen LogP contribution < -0.4 is 16.0 Å². The molecule has 1 atom stereocenters. The van der Waals surface area contributed by atoms with Gasteiger partial charge in [-0.3, -0.25) is 9.89 Å². The summed E-state index contributed by atoms with van der Waals surface area (Å²) in [6, 6.07) is 12.0. The van der Waals surface area contributed by atoms with Crippen molar-refractivity contribution in [3.8, 4) is 0 Å². The maximum absolute atomic E-state index is 13.8. The van der Waals surface area contributed by atoms with Crippen molar-refractivity contribution in [3.05, 3.63) is 71.8 Å². The number of aromatic nitrogens is 2. The molecule has 1 unspecified atom stereocenters. The van der Waals surface area contributed by atoms with Crippen LogP contribution in [0.5, 0.6) is 0 Å². The lowest BCUT2D eigenvalue weighted by Crippen LogP contribution is -2.30. The van der Waals surface area contributed by atoms with Gasteiger partial charge in [-0.1, -0.05) is 0 Å². The lowest BCUT2D eigenvalue weighted by atomic mass is 10.1. The number of benzene rings is 3. The molecular weight excluding hydrogens is 578 g/mol. The summed E-state index contributed by atoms with van der Waals surface area (Å²) in [5, 5.41) is 17.1. The van der Waals surface area contributed by atoms with Gasteiger partial charge in [-0.25, -0.2) is 17.2 Å². The highest BCUT2D eigenvalue weighted by atomic mass is 32.2.